The van der Waals surface area contributed by atoms with E-state index in [9.17, 15) is 9.90 Å². The molecule has 1 aliphatic heterocycles. The van der Waals surface area contributed by atoms with Gasteiger partial charge in [0.05, 0.1) is 17.7 Å². The quantitative estimate of drug-likeness (QED) is 0.335. The molecular weight excluding hydrogens is 518 g/mol. The minimum absolute atomic E-state index is 0.0591. The molecule has 4 heterocycles. The van der Waals surface area contributed by atoms with Crippen LogP contribution in [0.3, 0.4) is 0 Å². The lowest BCUT2D eigenvalue weighted by atomic mass is 9.93. The van der Waals surface area contributed by atoms with Gasteiger partial charge in [-0.2, -0.15) is 5.10 Å². The smallest absolute Gasteiger partial charge is 0.266 e. The molecule has 4 aromatic rings. The van der Waals surface area contributed by atoms with Gasteiger partial charge in [0.1, 0.15) is 17.6 Å². The van der Waals surface area contributed by atoms with E-state index in [0.29, 0.717) is 11.8 Å². The average Bonchev–Trinajstić information content (AvgIpc) is 3.50. The molecule has 6 rings (SSSR count). The summed E-state index contributed by atoms with van der Waals surface area (Å²) in [6.07, 6.45) is 5.40. The zero-order valence-electron chi connectivity index (χ0n) is 24.0. The fourth-order valence-electron chi connectivity index (χ4n) is 6.13. The first-order valence-electron chi connectivity index (χ1n) is 14.7. The maximum Gasteiger partial charge on any atom is 0.266 e. The highest BCUT2D eigenvalue weighted by atomic mass is 16.5. The molecule has 10 heteroatoms. The van der Waals surface area contributed by atoms with E-state index in [1.54, 1.807) is 13.1 Å². The summed E-state index contributed by atoms with van der Waals surface area (Å²) in [5.41, 5.74) is 4.18. The van der Waals surface area contributed by atoms with Crippen LogP contribution >= 0.6 is 0 Å². The Morgan fingerprint density at radius 2 is 1.83 bits per heavy atom. The van der Waals surface area contributed by atoms with Crippen molar-refractivity contribution in [3.63, 3.8) is 0 Å². The van der Waals surface area contributed by atoms with Gasteiger partial charge < -0.3 is 15.2 Å². The molecule has 2 N–H and O–H groups in total. The third kappa shape index (κ3) is 5.85. The summed E-state index contributed by atoms with van der Waals surface area (Å²) in [6.45, 7) is 7.47. The van der Waals surface area contributed by atoms with E-state index >= 15 is 0 Å². The van der Waals surface area contributed by atoms with E-state index in [-0.39, 0.29) is 23.8 Å². The molecule has 1 saturated carbocycles. The first kappa shape index (κ1) is 27.4. The van der Waals surface area contributed by atoms with Crippen LogP contribution in [0.25, 0.3) is 22.2 Å². The van der Waals surface area contributed by atoms with Crippen molar-refractivity contribution in [2.45, 2.75) is 64.3 Å². The second-order valence-electron chi connectivity index (χ2n) is 11.5. The number of hydrogen-bond donors (Lipinski definition) is 2. The van der Waals surface area contributed by atoms with Crippen molar-refractivity contribution in [1.29, 1.82) is 0 Å². The lowest BCUT2D eigenvalue weighted by molar-refractivity contribution is 0.123. The number of nitrogens with one attached hydrogen (secondary N) is 1. The Bertz CT molecular complexity index is 1550. The summed E-state index contributed by atoms with van der Waals surface area (Å²) < 4.78 is 9.61. The SMILES string of the molecule is CCNc1cc2c(cn1)c(-c1ccc(CN3C[C@H](C)[C@@H](O)C3)cc1)nn2C1CCC(Oc2ccc(=O)n(C)n2)CC1. The molecule has 1 aliphatic carbocycles. The molecule has 0 bridgehead atoms. The first-order chi connectivity index (χ1) is 19.9. The zero-order valence-corrected chi connectivity index (χ0v) is 24.0. The van der Waals surface area contributed by atoms with Crippen molar-refractivity contribution in [2.24, 2.45) is 13.0 Å². The number of aromatic nitrogens is 5. The number of anilines is 1. The van der Waals surface area contributed by atoms with Gasteiger partial charge in [-0.25, -0.2) is 9.67 Å². The normalized spacial score (nSPS) is 23.2. The van der Waals surface area contributed by atoms with E-state index in [4.69, 9.17) is 9.84 Å². The number of likely N-dealkylation sites (tertiary alicyclic amines) is 1. The van der Waals surface area contributed by atoms with Gasteiger partial charge in [-0.15, -0.1) is 5.10 Å². The fourth-order valence-corrected chi connectivity index (χ4v) is 6.13. The van der Waals surface area contributed by atoms with Gasteiger partial charge in [0, 0.05) is 68.6 Å². The fraction of sp³-hybridized carbons (Fsp3) is 0.484. The number of hydrogen-bond acceptors (Lipinski definition) is 8. The van der Waals surface area contributed by atoms with Crippen LogP contribution in [-0.2, 0) is 13.6 Å². The number of rotatable bonds is 8. The van der Waals surface area contributed by atoms with E-state index in [2.05, 4.69) is 69.2 Å². The van der Waals surface area contributed by atoms with Gasteiger partial charge in [-0.05, 0) is 44.1 Å². The second-order valence-corrected chi connectivity index (χ2v) is 11.5. The average molecular weight is 558 g/mol. The number of ether oxygens (including phenoxy) is 1. The minimum Gasteiger partial charge on any atom is -0.473 e. The Labute approximate surface area is 240 Å². The summed E-state index contributed by atoms with van der Waals surface area (Å²) in [5, 5.41) is 23.9. The Morgan fingerprint density at radius 3 is 2.51 bits per heavy atom. The number of pyridine rings is 1. The van der Waals surface area contributed by atoms with Crippen molar-refractivity contribution in [3.05, 3.63) is 64.6 Å². The van der Waals surface area contributed by atoms with Crippen LogP contribution < -0.4 is 15.6 Å². The third-order valence-electron chi connectivity index (χ3n) is 8.44. The summed E-state index contributed by atoms with van der Waals surface area (Å²) in [4.78, 5) is 18.6. The summed E-state index contributed by atoms with van der Waals surface area (Å²) in [7, 11) is 1.63. The number of aliphatic hydroxyl groups is 1. The van der Waals surface area contributed by atoms with Gasteiger partial charge in [-0.3, -0.25) is 14.4 Å². The van der Waals surface area contributed by atoms with Gasteiger partial charge in [0.2, 0.25) is 5.88 Å². The maximum absolute atomic E-state index is 11.7. The van der Waals surface area contributed by atoms with E-state index in [0.717, 1.165) is 79.8 Å². The molecular formula is C31H39N7O3. The van der Waals surface area contributed by atoms with Crippen molar-refractivity contribution >= 4 is 16.7 Å². The van der Waals surface area contributed by atoms with Crippen molar-refractivity contribution in [1.82, 2.24) is 29.4 Å². The van der Waals surface area contributed by atoms with Crippen molar-refractivity contribution in [3.8, 4) is 17.1 Å². The zero-order chi connectivity index (χ0) is 28.5. The molecule has 3 aromatic heterocycles. The lowest BCUT2D eigenvalue weighted by Gasteiger charge is -2.29. The molecule has 41 heavy (non-hydrogen) atoms. The van der Waals surface area contributed by atoms with E-state index in [1.807, 2.05) is 6.20 Å². The number of β-amino-alcohol motifs (C(OH)–C–C–N with tert-alkyl or cyclic N) is 1. The van der Waals surface area contributed by atoms with Gasteiger partial charge >= 0.3 is 0 Å². The van der Waals surface area contributed by atoms with Gasteiger partial charge in [-0.1, -0.05) is 31.2 Å². The van der Waals surface area contributed by atoms with Crippen LogP contribution in [0, 0.1) is 5.92 Å². The first-order valence-corrected chi connectivity index (χ1v) is 14.7. The summed E-state index contributed by atoms with van der Waals surface area (Å²) in [5.74, 6) is 1.65. The van der Waals surface area contributed by atoms with Crippen LogP contribution in [0.5, 0.6) is 5.88 Å². The van der Waals surface area contributed by atoms with Crippen LogP contribution in [0.2, 0.25) is 0 Å². The van der Waals surface area contributed by atoms with Crippen LogP contribution in [0.4, 0.5) is 5.82 Å². The number of benzene rings is 1. The molecule has 1 saturated heterocycles. The van der Waals surface area contributed by atoms with Crippen LogP contribution in [0.15, 0.2) is 53.5 Å². The molecule has 2 atom stereocenters. The predicted octanol–water partition coefficient (Wildman–Crippen LogP) is 4.00. The lowest BCUT2D eigenvalue weighted by Crippen LogP contribution is -2.27. The molecule has 2 aliphatic rings. The van der Waals surface area contributed by atoms with Gasteiger partial charge in [0.25, 0.3) is 5.56 Å². The number of aliphatic hydroxyl groups excluding tert-OH is 1. The highest BCUT2D eigenvalue weighted by Gasteiger charge is 2.29. The largest absolute Gasteiger partial charge is 0.473 e. The minimum atomic E-state index is -0.240. The van der Waals surface area contributed by atoms with Gasteiger partial charge in [0.15, 0.2) is 0 Å². The van der Waals surface area contributed by atoms with Crippen molar-refractivity contribution in [2.75, 3.05) is 25.0 Å². The van der Waals surface area contributed by atoms with Crippen LogP contribution in [0.1, 0.15) is 51.1 Å². The summed E-state index contributed by atoms with van der Waals surface area (Å²) in [6, 6.07) is 14.2. The highest BCUT2D eigenvalue weighted by Crippen LogP contribution is 2.36. The molecule has 1 aromatic carbocycles. The third-order valence-corrected chi connectivity index (χ3v) is 8.44. The second kappa shape index (κ2) is 11.6. The Hall–Kier alpha value is -3.76. The van der Waals surface area contributed by atoms with E-state index < -0.39 is 0 Å². The number of nitrogens with zero attached hydrogens (tertiary/aromatic N) is 6. The number of fused-ring (bicyclic) bond motifs is 1. The topological polar surface area (TPSA) is 110 Å². The number of aryl methyl sites for hydroxylation is 1. The van der Waals surface area contributed by atoms with Crippen molar-refractivity contribution < 1.29 is 9.84 Å². The standard InChI is InChI=1S/C31H39N7O3/c1-4-32-28-15-26-25(16-33-28)31(22-7-5-21(6-8-22)18-37-17-20(2)27(39)19-37)35-38(26)23-9-11-24(12-10-23)41-29-13-14-30(40)36(3)34-29/h5-8,13-16,20,23-24,27,39H,4,9-12,17-19H2,1-3H3,(H,32,33)/t20-,23?,24?,27-/m0/s1. The molecule has 0 unspecified atom stereocenters. The molecule has 10 nitrogen and oxygen atoms in total. The Balaban J connectivity index is 1.22. The Kier molecular flexibility index (Phi) is 7.77. The monoisotopic (exact) mass is 557 g/mol. The predicted molar refractivity (Wildman–Crippen MR) is 159 cm³/mol. The molecule has 2 fully saturated rings. The maximum atomic E-state index is 11.7. The molecule has 0 radical (unpaired) electrons. The summed E-state index contributed by atoms with van der Waals surface area (Å²) >= 11 is 0. The molecule has 0 spiro atoms. The molecule has 216 valence electrons. The van der Waals surface area contributed by atoms with E-state index in [1.165, 1.54) is 16.3 Å². The Morgan fingerprint density at radius 1 is 1.05 bits per heavy atom. The van der Waals surface area contributed by atoms with Crippen LogP contribution in [-0.4, -0.2) is 66.4 Å². The molecule has 0 amide bonds. The highest BCUT2D eigenvalue weighted by molar-refractivity contribution is 5.94.